The molecular formula is C22H22N10. The van der Waals surface area contributed by atoms with E-state index in [1.807, 2.05) is 86.3 Å². The predicted octanol–water partition coefficient (Wildman–Crippen LogP) is 4.01. The minimum absolute atomic E-state index is 0.468. The molecule has 1 aliphatic heterocycles. The number of nitrogens with one attached hydrogen (secondary N) is 2. The van der Waals surface area contributed by atoms with E-state index in [9.17, 15) is 0 Å². The standard InChI is InChI=1S/C22H22N10/c1-13-23-19-27-15-7-5-8-16(11-15)28-20-24-14(2)26-22(30-20)32(4)18-10-6-9-17(12-18)31(3)21(25-13)29-19/h5-12H,1-4H3,(H,23,25,27,29)(H,24,26,28,30). The van der Waals surface area contributed by atoms with Gasteiger partial charge in [0, 0.05) is 36.8 Å². The number of rotatable bonds is 0. The molecule has 0 saturated carbocycles. The average molecular weight is 426 g/mol. The van der Waals surface area contributed by atoms with E-state index in [0.717, 1.165) is 22.7 Å². The van der Waals surface area contributed by atoms with E-state index in [4.69, 9.17) is 0 Å². The number of aryl methyl sites for hydroxylation is 2. The second-order valence-corrected chi connectivity index (χ2v) is 7.48. The van der Waals surface area contributed by atoms with E-state index in [1.54, 1.807) is 0 Å². The predicted molar refractivity (Wildman–Crippen MR) is 125 cm³/mol. The summed E-state index contributed by atoms with van der Waals surface area (Å²) in [7, 11) is 3.85. The van der Waals surface area contributed by atoms with Crippen molar-refractivity contribution in [1.82, 2.24) is 29.9 Å². The molecule has 2 aromatic carbocycles. The summed E-state index contributed by atoms with van der Waals surface area (Å²) in [4.78, 5) is 31.0. The van der Waals surface area contributed by atoms with Gasteiger partial charge in [0.15, 0.2) is 0 Å². The molecule has 2 aromatic heterocycles. The van der Waals surface area contributed by atoms with Gasteiger partial charge in [0.05, 0.1) is 0 Å². The number of fused-ring (bicyclic) bond motifs is 8. The molecule has 0 saturated heterocycles. The fourth-order valence-corrected chi connectivity index (χ4v) is 3.42. The summed E-state index contributed by atoms with van der Waals surface area (Å²) in [5, 5.41) is 6.54. The molecule has 8 bridgehead atoms. The van der Waals surface area contributed by atoms with Crippen LogP contribution in [0.4, 0.5) is 46.5 Å². The lowest BCUT2D eigenvalue weighted by Gasteiger charge is -2.22. The normalized spacial score (nSPS) is 12.8. The number of nitrogens with zero attached hydrogens (tertiary/aromatic N) is 8. The van der Waals surface area contributed by atoms with E-state index in [0.29, 0.717) is 35.4 Å². The number of hydrogen-bond donors (Lipinski definition) is 2. The zero-order valence-electron chi connectivity index (χ0n) is 18.2. The van der Waals surface area contributed by atoms with E-state index in [2.05, 4.69) is 40.5 Å². The van der Waals surface area contributed by atoms with Gasteiger partial charge in [-0.05, 0) is 50.2 Å². The average Bonchev–Trinajstić information content (AvgIpc) is 2.77. The number of aromatic nitrogens is 6. The van der Waals surface area contributed by atoms with E-state index >= 15 is 0 Å². The molecule has 1 aliphatic rings. The summed E-state index contributed by atoms with van der Waals surface area (Å²) in [5.41, 5.74) is 3.49. The van der Waals surface area contributed by atoms with Crippen LogP contribution in [0.2, 0.25) is 0 Å². The first-order valence-corrected chi connectivity index (χ1v) is 10.1. The van der Waals surface area contributed by atoms with Crippen LogP contribution >= 0.6 is 0 Å². The molecule has 0 amide bonds. The third kappa shape index (κ3) is 3.85. The highest BCUT2D eigenvalue weighted by atomic mass is 15.3. The summed E-state index contributed by atoms with van der Waals surface area (Å²) in [6.45, 7) is 3.70. The van der Waals surface area contributed by atoms with Crippen LogP contribution in [0.15, 0.2) is 48.5 Å². The Kier molecular flexibility index (Phi) is 4.74. The van der Waals surface area contributed by atoms with E-state index in [1.165, 1.54) is 0 Å². The van der Waals surface area contributed by atoms with Crippen LogP contribution in [0.25, 0.3) is 0 Å². The molecular weight excluding hydrogens is 404 g/mol. The van der Waals surface area contributed by atoms with Crippen LogP contribution in [0.1, 0.15) is 11.6 Å². The third-order valence-electron chi connectivity index (χ3n) is 5.05. The first-order chi connectivity index (χ1) is 15.4. The number of benzene rings is 2. The molecule has 10 nitrogen and oxygen atoms in total. The van der Waals surface area contributed by atoms with Crippen LogP contribution in [-0.2, 0) is 0 Å². The lowest BCUT2D eigenvalue weighted by Crippen LogP contribution is -2.18. The fourth-order valence-electron chi connectivity index (χ4n) is 3.42. The summed E-state index contributed by atoms with van der Waals surface area (Å²) < 4.78 is 0. The van der Waals surface area contributed by atoms with Crippen molar-refractivity contribution in [3.63, 3.8) is 0 Å². The fraction of sp³-hybridized carbons (Fsp3) is 0.182. The molecule has 4 aromatic rings. The van der Waals surface area contributed by atoms with Crippen molar-refractivity contribution in [2.75, 3.05) is 34.5 Å². The number of anilines is 8. The maximum atomic E-state index is 4.63. The van der Waals surface area contributed by atoms with Crippen molar-refractivity contribution in [3.05, 3.63) is 60.2 Å². The summed E-state index contributed by atoms with van der Waals surface area (Å²) in [6.07, 6.45) is 0. The van der Waals surface area contributed by atoms with E-state index < -0.39 is 0 Å². The molecule has 0 unspecified atom stereocenters. The van der Waals surface area contributed by atoms with Gasteiger partial charge in [-0.2, -0.15) is 29.9 Å². The molecule has 0 fully saturated rings. The van der Waals surface area contributed by atoms with Crippen molar-refractivity contribution in [2.45, 2.75) is 13.8 Å². The quantitative estimate of drug-likeness (QED) is 0.428. The summed E-state index contributed by atoms with van der Waals surface area (Å²) >= 11 is 0. The highest BCUT2D eigenvalue weighted by Crippen LogP contribution is 2.29. The summed E-state index contributed by atoms with van der Waals surface area (Å²) in [6, 6.07) is 15.8. The highest BCUT2D eigenvalue weighted by Gasteiger charge is 2.16. The lowest BCUT2D eigenvalue weighted by molar-refractivity contribution is 0.937. The van der Waals surface area contributed by atoms with Gasteiger partial charge in [-0.1, -0.05) is 12.1 Å². The Balaban J connectivity index is 1.69. The third-order valence-corrected chi connectivity index (χ3v) is 5.05. The van der Waals surface area contributed by atoms with Crippen molar-refractivity contribution in [3.8, 4) is 0 Å². The molecule has 2 N–H and O–H groups in total. The maximum Gasteiger partial charge on any atom is 0.234 e. The lowest BCUT2D eigenvalue weighted by atomic mass is 10.2. The van der Waals surface area contributed by atoms with Gasteiger partial charge in [0.25, 0.3) is 0 Å². The highest BCUT2D eigenvalue weighted by molar-refractivity contribution is 5.69. The van der Waals surface area contributed by atoms with Crippen LogP contribution in [0.3, 0.4) is 0 Å². The molecule has 5 rings (SSSR count). The molecule has 32 heavy (non-hydrogen) atoms. The Morgan fingerprint density at radius 2 is 1.06 bits per heavy atom. The second-order valence-electron chi connectivity index (χ2n) is 7.48. The van der Waals surface area contributed by atoms with Crippen molar-refractivity contribution < 1.29 is 0 Å². The van der Waals surface area contributed by atoms with Crippen LogP contribution in [0, 0.1) is 13.8 Å². The minimum Gasteiger partial charge on any atom is -0.324 e. The number of hydrogen-bond acceptors (Lipinski definition) is 10. The summed E-state index contributed by atoms with van der Waals surface area (Å²) in [5.74, 6) is 3.26. The van der Waals surface area contributed by atoms with Gasteiger partial charge in [0.2, 0.25) is 23.8 Å². The van der Waals surface area contributed by atoms with Crippen LogP contribution in [-0.4, -0.2) is 44.0 Å². The van der Waals surface area contributed by atoms with Crippen molar-refractivity contribution in [1.29, 1.82) is 0 Å². The minimum atomic E-state index is 0.468. The second kappa shape index (κ2) is 7.73. The van der Waals surface area contributed by atoms with Gasteiger partial charge >= 0.3 is 0 Å². The van der Waals surface area contributed by atoms with Crippen LogP contribution in [0.5, 0.6) is 0 Å². The Hall–Kier alpha value is -4.34. The largest absolute Gasteiger partial charge is 0.324 e. The van der Waals surface area contributed by atoms with Crippen LogP contribution < -0.4 is 20.4 Å². The molecule has 0 aliphatic carbocycles. The Morgan fingerprint density at radius 3 is 1.56 bits per heavy atom. The Labute approximate surface area is 185 Å². The van der Waals surface area contributed by atoms with Gasteiger partial charge in [-0.25, -0.2) is 0 Å². The van der Waals surface area contributed by atoms with E-state index in [-0.39, 0.29) is 0 Å². The maximum absolute atomic E-state index is 4.63. The molecule has 10 heteroatoms. The monoisotopic (exact) mass is 426 g/mol. The molecule has 0 atom stereocenters. The molecule has 0 radical (unpaired) electrons. The molecule has 0 spiro atoms. The Morgan fingerprint density at radius 1 is 0.594 bits per heavy atom. The topological polar surface area (TPSA) is 108 Å². The molecule has 3 heterocycles. The van der Waals surface area contributed by atoms with Crippen molar-refractivity contribution >= 4 is 46.5 Å². The van der Waals surface area contributed by atoms with Gasteiger partial charge in [-0.3, -0.25) is 0 Å². The zero-order chi connectivity index (χ0) is 22.2. The zero-order valence-corrected chi connectivity index (χ0v) is 18.2. The molecule has 160 valence electrons. The first-order valence-electron chi connectivity index (χ1n) is 10.1. The van der Waals surface area contributed by atoms with Gasteiger partial charge in [0.1, 0.15) is 11.6 Å². The smallest absolute Gasteiger partial charge is 0.234 e. The van der Waals surface area contributed by atoms with Crippen molar-refractivity contribution in [2.24, 2.45) is 0 Å². The van der Waals surface area contributed by atoms with Gasteiger partial charge in [-0.15, -0.1) is 0 Å². The first kappa shape index (κ1) is 19.6. The SMILES string of the molecule is Cc1nc2nc(n1)N(C)c1cccc(c1)N(C)c1nc(C)nc(n1)Nc1cccc(c1)N2. The van der Waals surface area contributed by atoms with Gasteiger partial charge < -0.3 is 20.4 Å². The Bertz CT molecular complexity index is 1210.